The molecule has 3 rings (SSSR count). The van der Waals surface area contributed by atoms with Gasteiger partial charge in [0.1, 0.15) is 6.04 Å². The van der Waals surface area contributed by atoms with Crippen molar-refractivity contribution in [3.8, 4) is 11.5 Å². The van der Waals surface area contributed by atoms with Crippen molar-refractivity contribution in [1.29, 1.82) is 0 Å². The molecule has 194 valence electrons. The zero-order valence-electron chi connectivity index (χ0n) is 21.3. The largest absolute Gasteiger partial charge is 0.493 e. The number of ketones is 1. The van der Waals surface area contributed by atoms with Crippen LogP contribution >= 0.6 is 0 Å². The SMILES string of the molecule is CCOC(=O)[C@H](CCc1ccccc1)N[C@H](C)C(=O)[C@H]1Cc2cc(OC)c(OC)cc2C[C@H]1C(=O)O. The molecule has 0 aliphatic heterocycles. The molecule has 0 spiro atoms. The molecule has 36 heavy (non-hydrogen) atoms. The molecule has 2 N–H and O–H groups in total. The van der Waals surface area contributed by atoms with Crippen molar-refractivity contribution in [2.24, 2.45) is 11.8 Å². The van der Waals surface area contributed by atoms with E-state index in [-0.39, 0.29) is 25.2 Å². The van der Waals surface area contributed by atoms with Gasteiger partial charge in [-0.15, -0.1) is 0 Å². The molecule has 0 aromatic heterocycles. The Morgan fingerprint density at radius 2 is 1.58 bits per heavy atom. The van der Waals surface area contributed by atoms with Crippen molar-refractivity contribution in [2.75, 3.05) is 20.8 Å². The molecular formula is C28H35NO7. The second-order valence-electron chi connectivity index (χ2n) is 9.06. The lowest BCUT2D eigenvalue weighted by Gasteiger charge is -2.32. The van der Waals surface area contributed by atoms with E-state index in [1.807, 2.05) is 36.4 Å². The lowest BCUT2D eigenvalue weighted by Crippen LogP contribution is -2.50. The molecule has 0 fully saturated rings. The molecule has 0 heterocycles. The number of nitrogens with one attached hydrogen (secondary N) is 1. The summed E-state index contributed by atoms with van der Waals surface area (Å²) in [4.78, 5) is 38.4. The first-order valence-corrected chi connectivity index (χ1v) is 12.3. The Morgan fingerprint density at radius 1 is 1.00 bits per heavy atom. The molecular weight excluding hydrogens is 462 g/mol. The number of carbonyl (C=O) groups is 3. The predicted octanol–water partition coefficient (Wildman–Crippen LogP) is 3.23. The summed E-state index contributed by atoms with van der Waals surface area (Å²) >= 11 is 0. The number of fused-ring (bicyclic) bond motifs is 1. The third-order valence-electron chi connectivity index (χ3n) is 6.77. The fourth-order valence-electron chi connectivity index (χ4n) is 4.83. The highest BCUT2D eigenvalue weighted by Gasteiger charge is 2.40. The van der Waals surface area contributed by atoms with Gasteiger partial charge in [0.15, 0.2) is 17.3 Å². The number of rotatable bonds is 12. The molecule has 1 aliphatic carbocycles. The number of ether oxygens (including phenoxy) is 3. The maximum atomic E-state index is 13.6. The maximum absolute atomic E-state index is 13.6. The molecule has 2 aromatic carbocycles. The predicted molar refractivity (Wildman–Crippen MR) is 134 cm³/mol. The molecule has 0 saturated carbocycles. The second-order valence-corrected chi connectivity index (χ2v) is 9.06. The van der Waals surface area contributed by atoms with Gasteiger partial charge in [-0.1, -0.05) is 30.3 Å². The molecule has 2 aromatic rings. The first kappa shape index (κ1) is 27.2. The molecule has 8 heteroatoms. The minimum Gasteiger partial charge on any atom is -0.493 e. The molecule has 8 nitrogen and oxygen atoms in total. The first-order chi connectivity index (χ1) is 17.3. The van der Waals surface area contributed by atoms with Crippen LogP contribution in [-0.2, 0) is 38.4 Å². The number of carbonyl (C=O) groups excluding carboxylic acids is 2. The topological polar surface area (TPSA) is 111 Å². The average molecular weight is 498 g/mol. The van der Waals surface area contributed by atoms with Gasteiger partial charge in [-0.25, -0.2) is 0 Å². The molecule has 0 saturated heterocycles. The van der Waals surface area contributed by atoms with Crippen molar-refractivity contribution < 1.29 is 33.7 Å². The number of aliphatic carboxylic acids is 1. The van der Waals surface area contributed by atoms with Crippen LogP contribution in [0.4, 0.5) is 0 Å². The van der Waals surface area contributed by atoms with Gasteiger partial charge in [-0.05, 0) is 68.4 Å². The Labute approximate surface area is 211 Å². The second kappa shape index (κ2) is 12.5. The van der Waals surface area contributed by atoms with Crippen LogP contribution in [0.15, 0.2) is 42.5 Å². The maximum Gasteiger partial charge on any atom is 0.323 e. The average Bonchev–Trinajstić information content (AvgIpc) is 2.89. The van der Waals surface area contributed by atoms with Crippen LogP contribution in [0.1, 0.15) is 37.0 Å². The van der Waals surface area contributed by atoms with E-state index in [2.05, 4.69) is 5.32 Å². The van der Waals surface area contributed by atoms with Gasteiger partial charge in [0.05, 0.1) is 32.8 Å². The standard InChI is InChI=1S/C28H35NO7/c1-5-36-28(33)23(12-11-18-9-7-6-8-10-18)29-17(2)26(30)21-13-19-15-24(34-3)25(35-4)16-20(19)14-22(21)27(31)32/h6-10,15-17,21-23,29H,5,11-14H2,1-4H3,(H,31,32)/t17-,21+,22-,23+/m1/s1. The van der Waals surface area contributed by atoms with Gasteiger partial charge in [0.25, 0.3) is 0 Å². The Balaban J connectivity index is 1.79. The van der Waals surface area contributed by atoms with Crippen LogP contribution in [-0.4, -0.2) is 55.7 Å². The van der Waals surface area contributed by atoms with E-state index < -0.39 is 35.9 Å². The highest BCUT2D eigenvalue weighted by Crippen LogP contribution is 2.38. The summed E-state index contributed by atoms with van der Waals surface area (Å²) in [7, 11) is 3.06. The number of carboxylic acid groups (broad SMARTS) is 1. The number of esters is 1. The molecule has 0 unspecified atom stereocenters. The Kier molecular flexibility index (Phi) is 9.47. The van der Waals surface area contributed by atoms with Crippen LogP contribution in [0.3, 0.4) is 0 Å². The van der Waals surface area contributed by atoms with Gasteiger partial charge in [0, 0.05) is 5.92 Å². The number of hydrogen-bond acceptors (Lipinski definition) is 7. The summed E-state index contributed by atoms with van der Waals surface area (Å²) in [6.07, 6.45) is 1.57. The monoisotopic (exact) mass is 497 g/mol. The van der Waals surface area contributed by atoms with Crippen molar-refractivity contribution in [1.82, 2.24) is 5.32 Å². The van der Waals surface area contributed by atoms with E-state index in [0.29, 0.717) is 24.3 Å². The van der Waals surface area contributed by atoms with Crippen molar-refractivity contribution >= 4 is 17.7 Å². The van der Waals surface area contributed by atoms with E-state index in [0.717, 1.165) is 16.7 Å². The Hall–Kier alpha value is -3.39. The smallest absolute Gasteiger partial charge is 0.323 e. The summed E-state index contributed by atoms with van der Waals surface area (Å²) in [5, 5.41) is 13.1. The van der Waals surface area contributed by atoms with E-state index >= 15 is 0 Å². The van der Waals surface area contributed by atoms with Gasteiger partial charge in [-0.3, -0.25) is 19.7 Å². The van der Waals surface area contributed by atoms with Gasteiger partial charge >= 0.3 is 11.9 Å². The summed E-state index contributed by atoms with van der Waals surface area (Å²) in [5.74, 6) is -2.25. The van der Waals surface area contributed by atoms with E-state index in [9.17, 15) is 19.5 Å². The van der Waals surface area contributed by atoms with Crippen LogP contribution < -0.4 is 14.8 Å². The number of Topliss-reactive ketones (excluding diaryl/α,β-unsaturated/α-hetero) is 1. The van der Waals surface area contributed by atoms with Crippen LogP contribution in [0, 0.1) is 11.8 Å². The highest BCUT2D eigenvalue weighted by molar-refractivity contribution is 5.91. The number of benzene rings is 2. The number of aryl methyl sites for hydroxylation is 1. The number of methoxy groups -OCH3 is 2. The highest BCUT2D eigenvalue weighted by atomic mass is 16.5. The Bertz CT molecular complexity index is 1070. The van der Waals surface area contributed by atoms with Crippen LogP contribution in [0.2, 0.25) is 0 Å². The summed E-state index contributed by atoms with van der Waals surface area (Å²) in [6, 6.07) is 11.9. The summed E-state index contributed by atoms with van der Waals surface area (Å²) in [5.41, 5.74) is 2.77. The Morgan fingerprint density at radius 3 is 2.11 bits per heavy atom. The minimum absolute atomic E-state index is 0.212. The third kappa shape index (κ3) is 6.43. The van der Waals surface area contributed by atoms with Crippen molar-refractivity contribution in [3.05, 3.63) is 59.2 Å². The fraction of sp³-hybridized carbons (Fsp3) is 0.464. The van der Waals surface area contributed by atoms with Gasteiger partial charge < -0.3 is 19.3 Å². The molecule has 0 amide bonds. The van der Waals surface area contributed by atoms with Gasteiger partial charge in [0.2, 0.25) is 0 Å². The molecule has 4 atom stereocenters. The lowest BCUT2D eigenvalue weighted by atomic mass is 9.72. The van der Waals surface area contributed by atoms with Crippen molar-refractivity contribution in [3.63, 3.8) is 0 Å². The molecule has 0 radical (unpaired) electrons. The minimum atomic E-state index is -1.02. The third-order valence-corrected chi connectivity index (χ3v) is 6.77. The van der Waals surface area contributed by atoms with E-state index in [1.165, 1.54) is 14.2 Å². The zero-order chi connectivity index (χ0) is 26.2. The first-order valence-electron chi connectivity index (χ1n) is 12.3. The van der Waals surface area contributed by atoms with E-state index in [4.69, 9.17) is 14.2 Å². The normalized spacial score (nSPS) is 18.4. The summed E-state index contributed by atoms with van der Waals surface area (Å²) in [6.45, 7) is 3.65. The van der Waals surface area contributed by atoms with Crippen LogP contribution in [0.5, 0.6) is 11.5 Å². The quantitative estimate of drug-likeness (QED) is 0.430. The fourth-order valence-corrected chi connectivity index (χ4v) is 4.83. The number of hydrogen-bond donors (Lipinski definition) is 2. The molecule has 1 aliphatic rings. The lowest BCUT2D eigenvalue weighted by molar-refractivity contribution is -0.149. The van der Waals surface area contributed by atoms with Crippen LogP contribution in [0.25, 0.3) is 0 Å². The zero-order valence-corrected chi connectivity index (χ0v) is 21.3. The van der Waals surface area contributed by atoms with E-state index in [1.54, 1.807) is 19.9 Å². The van der Waals surface area contributed by atoms with Gasteiger partial charge in [-0.2, -0.15) is 0 Å². The number of carboxylic acids is 1. The molecule has 0 bridgehead atoms. The summed E-state index contributed by atoms with van der Waals surface area (Å²) < 4.78 is 16.0. The van der Waals surface area contributed by atoms with Crippen molar-refractivity contribution in [2.45, 2.75) is 51.6 Å².